The predicted octanol–water partition coefficient (Wildman–Crippen LogP) is 6.27. The summed E-state index contributed by atoms with van der Waals surface area (Å²) in [5.41, 5.74) is 0.640. The maximum Gasteiger partial charge on any atom is 0.411 e. The second kappa shape index (κ2) is 11.9. The van der Waals surface area contributed by atoms with E-state index in [0.29, 0.717) is 5.69 Å². The summed E-state index contributed by atoms with van der Waals surface area (Å²) in [6, 6.07) is 25.9. The van der Waals surface area contributed by atoms with Crippen LogP contribution >= 0.6 is 23.5 Å². The molecule has 0 radical (unpaired) electrons. The first-order valence-corrected chi connectivity index (χ1v) is 11.1. The molecule has 0 spiro atoms. The van der Waals surface area contributed by atoms with Crippen LogP contribution in [-0.2, 0) is 14.3 Å². The van der Waals surface area contributed by atoms with Crippen LogP contribution in [0.4, 0.5) is 10.5 Å². The number of esters is 1. The summed E-state index contributed by atoms with van der Waals surface area (Å²) >= 11 is 3.25. The highest BCUT2D eigenvalue weighted by Crippen LogP contribution is 2.36. The minimum absolute atomic E-state index is 0.0272. The summed E-state index contributed by atoms with van der Waals surface area (Å²) < 4.78 is 9.84. The van der Waals surface area contributed by atoms with Crippen molar-refractivity contribution in [2.45, 2.75) is 19.6 Å². The summed E-state index contributed by atoms with van der Waals surface area (Å²) in [7, 11) is 0. The third-order valence-corrected chi connectivity index (χ3v) is 5.93. The zero-order chi connectivity index (χ0) is 21.9. The van der Waals surface area contributed by atoms with Crippen molar-refractivity contribution in [3.63, 3.8) is 0 Å². The lowest BCUT2D eigenvalue weighted by Gasteiger charge is -2.12. The molecule has 0 saturated carbocycles. The Morgan fingerprint density at radius 1 is 0.806 bits per heavy atom. The maximum absolute atomic E-state index is 12.1. The highest BCUT2D eigenvalue weighted by molar-refractivity contribution is 8.00. The molecule has 3 aromatic carbocycles. The highest BCUT2D eigenvalue weighted by atomic mass is 32.2. The Balaban J connectivity index is 1.60. The van der Waals surface area contributed by atoms with Crippen molar-refractivity contribution in [3.05, 3.63) is 91.5 Å². The molecule has 0 aliphatic rings. The first kappa shape index (κ1) is 22.5. The van der Waals surface area contributed by atoms with Gasteiger partial charge in [-0.3, -0.25) is 5.32 Å². The molecule has 1 amide bonds. The number of carbonyl (C=O) groups excluding carboxylic acids is 2. The number of amides is 1. The van der Waals surface area contributed by atoms with E-state index in [-0.39, 0.29) is 13.2 Å². The van der Waals surface area contributed by atoms with E-state index in [4.69, 9.17) is 9.47 Å². The number of ether oxygens (including phenoxy) is 2. The second-order valence-electron chi connectivity index (χ2n) is 6.12. The van der Waals surface area contributed by atoms with Gasteiger partial charge < -0.3 is 9.47 Å². The quantitative estimate of drug-likeness (QED) is 0.235. The van der Waals surface area contributed by atoms with Crippen LogP contribution in [0.2, 0.25) is 0 Å². The zero-order valence-electron chi connectivity index (χ0n) is 16.7. The van der Waals surface area contributed by atoms with E-state index in [1.54, 1.807) is 23.5 Å². The van der Waals surface area contributed by atoms with Gasteiger partial charge in [-0.1, -0.05) is 66.5 Å². The largest absolute Gasteiger partial charge is 0.459 e. The zero-order valence-corrected chi connectivity index (χ0v) is 18.3. The molecular weight excluding hydrogens is 430 g/mol. The lowest BCUT2D eigenvalue weighted by molar-refractivity contribution is -0.138. The van der Waals surface area contributed by atoms with Crippen LogP contribution in [0.3, 0.4) is 0 Å². The molecule has 158 valence electrons. The smallest absolute Gasteiger partial charge is 0.411 e. The average molecular weight is 452 g/mol. The minimum atomic E-state index is -0.615. The van der Waals surface area contributed by atoms with Gasteiger partial charge in [-0.2, -0.15) is 0 Å². The molecule has 5 nitrogen and oxygen atoms in total. The maximum atomic E-state index is 12.1. The molecule has 3 aromatic rings. The number of rotatable bonds is 9. The van der Waals surface area contributed by atoms with E-state index in [1.807, 2.05) is 54.6 Å². The molecule has 1 N–H and O–H groups in total. The van der Waals surface area contributed by atoms with Gasteiger partial charge in [0.25, 0.3) is 0 Å². The van der Waals surface area contributed by atoms with Gasteiger partial charge in [0.15, 0.2) is 0 Å². The van der Waals surface area contributed by atoms with Crippen LogP contribution in [0.5, 0.6) is 0 Å². The Morgan fingerprint density at radius 2 is 1.45 bits per heavy atom. The van der Waals surface area contributed by atoms with Gasteiger partial charge in [0.2, 0.25) is 0 Å². The fraction of sp³-hybridized carbons (Fsp3) is 0.0833. The molecule has 31 heavy (non-hydrogen) atoms. The Morgan fingerprint density at radius 3 is 2.23 bits per heavy atom. The molecule has 0 aliphatic carbocycles. The summed E-state index contributed by atoms with van der Waals surface area (Å²) in [4.78, 5) is 27.3. The van der Waals surface area contributed by atoms with Crippen molar-refractivity contribution in [1.29, 1.82) is 0 Å². The molecule has 0 heterocycles. The second-order valence-corrected chi connectivity index (χ2v) is 8.38. The fourth-order valence-corrected chi connectivity index (χ4v) is 4.43. The standard InChI is InChI=1S/C24H21NO4S2/c1-2-23(26)28-15-16-29-24(27)25-21-13-6-7-14-22(21)31-20-12-8-11-19(17-20)30-18-9-4-3-5-10-18/h2-14,17H,1,15-16H2,(H,25,27). The summed E-state index contributed by atoms with van der Waals surface area (Å²) in [5.74, 6) is -0.557. The number of carbonyl (C=O) groups is 2. The summed E-state index contributed by atoms with van der Waals surface area (Å²) in [5, 5.41) is 2.74. The van der Waals surface area contributed by atoms with Gasteiger partial charge in [0.05, 0.1) is 5.69 Å². The third kappa shape index (κ3) is 7.55. The van der Waals surface area contributed by atoms with Crippen molar-refractivity contribution < 1.29 is 19.1 Å². The van der Waals surface area contributed by atoms with Gasteiger partial charge in [-0.25, -0.2) is 9.59 Å². The summed E-state index contributed by atoms with van der Waals surface area (Å²) in [6.45, 7) is 3.23. The van der Waals surface area contributed by atoms with Gasteiger partial charge >= 0.3 is 12.1 Å². The molecule has 0 atom stereocenters. The van der Waals surface area contributed by atoms with Gasteiger partial charge in [0, 0.05) is 25.7 Å². The lowest BCUT2D eigenvalue weighted by atomic mass is 10.3. The molecule has 0 saturated heterocycles. The highest BCUT2D eigenvalue weighted by Gasteiger charge is 2.10. The van der Waals surface area contributed by atoms with Crippen LogP contribution < -0.4 is 5.32 Å². The number of para-hydroxylation sites is 1. The number of benzene rings is 3. The first-order chi connectivity index (χ1) is 15.1. The molecule has 0 aromatic heterocycles. The fourth-order valence-electron chi connectivity index (χ4n) is 2.49. The molecule has 0 fully saturated rings. The van der Waals surface area contributed by atoms with E-state index >= 15 is 0 Å². The molecular formula is C24H21NO4S2. The molecule has 0 bridgehead atoms. The van der Waals surface area contributed by atoms with Crippen LogP contribution in [0.25, 0.3) is 0 Å². The average Bonchev–Trinajstić information content (AvgIpc) is 2.79. The monoisotopic (exact) mass is 451 g/mol. The van der Waals surface area contributed by atoms with Crippen molar-refractivity contribution >= 4 is 41.3 Å². The molecule has 0 unspecified atom stereocenters. The summed E-state index contributed by atoms with van der Waals surface area (Å²) in [6.07, 6.45) is 0.442. The van der Waals surface area contributed by atoms with Crippen molar-refractivity contribution in [2.24, 2.45) is 0 Å². The number of hydrogen-bond donors (Lipinski definition) is 1. The van der Waals surface area contributed by atoms with Crippen LogP contribution in [0.1, 0.15) is 0 Å². The third-order valence-electron chi connectivity index (χ3n) is 3.86. The van der Waals surface area contributed by atoms with Crippen LogP contribution in [0.15, 0.2) is 111 Å². The van der Waals surface area contributed by atoms with Crippen LogP contribution in [-0.4, -0.2) is 25.3 Å². The van der Waals surface area contributed by atoms with Crippen molar-refractivity contribution in [1.82, 2.24) is 0 Å². The molecule has 7 heteroatoms. The van der Waals surface area contributed by atoms with Gasteiger partial charge in [-0.15, -0.1) is 0 Å². The number of anilines is 1. The van der Waals surface area contributed by atoms with Crippen molar-refractivity contribution in [2.75, 3.05) is 18.5 Å². The van der Waals surface area contributed by atoms with E-state index in [2.05, 4.69) is 36.2 Å². The Hall–Kier alpha value is -3.16. The SMILES string of the molecule is C=CC(=O)OCCOC(=O)Nc1ccccc1Sc1cccc(Sc2ccccc2)c1. The Labute approximate surface area is 189 Å². The van der Waals surface area contributed by atoms with Crippen molar-refractivity contribution in [3.8, 4) is 0 Å². The van der Waals surface area contributed by atoms with E-state index < -0.39 is 12.1 Å². The van der Waals surface area contributed by atoms with E-state index in [0.717, 1.165) is 20.8 Å². The normalized spacial score (nSPS) is 10.2. The number of nitrogens with one attached hydrogen (secondary N) is 1. The first-order valence-electron chi connectivity index (χ1n) is 9.47. The van der Waals surface area contributed by atoms with Gasteiger partial charge in [0.1, 0.15) is 13.2 Å². The van der Waals surface area contributed by atoms with Gasteiger partial charge in [-0.05, 0) is 42.5 Å². The Bertz CT molecular complexity index is 1040. The van der Waals surface area contributed by atoms with E-state index in [1.165, 1.54) is 4.90 Å². The number of hydrogen-bond acceptors (Lipinski definition) is 6. The molecule has 3 rings (SSSR count). The molecule has 0 aliphatic heterocycles. The predicted molar refractivity (Wildman–Crippen MR) is 124 cm³/mol. The van der Waals surface area contributed by atoms with Crippen LogP contribution in [0, 0.1) is 0 Å². The lowest BCUT2D eigenvalue weighted by Crippen LogP contribution is -2.18. The topological polar surface area (TPSA) is 64.6 Å². The minimum Gasteiger partial charge on any atom is -0.459 e. The Kier molecular flexibility index (Phi) is 8.63. The van der Waals surface area contributed by atoms with E-state index in [9.17, 15) is 9.59 Å².